The van der Waals surface area contributed by atoms with Gasteiger partial charge in [0.1, 0.15) is 0 Å². The highest BCUT2D eigenvalue weighted by Gasteiger charge is 2.07. The van der Waals surface area contributed by atoms with E-state index in [1.807, 2.05) is 13.8 Å². The molecule has 0 spiro atoms. The predicted octanol–water partition coefficient (Wildman–Crippen LogP) is 1.51. The second-order valence-corrected chi connectivity index (χ2v) is 3.97. The van der Waals surface area contributed by atoms with Gasteiger partial charge in [0.05, 0.1) is 7.11 Å². The molecule has 98 valence electrons. The first-order valence-corrected chi connectivity index (χ1v) is 5.54. The molecule has 0 fully saturated rings. The monoisotopic (exact) mass is 251 g/mol. The molecular formula is C12H17N3O3. The van der Waals surface area contributed by atoms with E-state index >= 15 is 0 Å². The highest BCUT2D eigenvalue weighted by atomic mass is 16.6. The van der Waals surface area contributed by atoms with Gasteiger partial charge in [0.15, 0.2) is 0 Å². The summed E-state index contributed by atoms with van der Waals surface area (Å²) in [5, 5.41) is 5.33. The molecule has 0 saturated carbocycles. The van der Waals surface area contributed by atoms with Crippen LogP contribution in [0.5, 0.6) is 0 Å². The zero-order valence-corrected chi connectivity index (χ0v) is 10.6. The molecule has 3 amide bonds. The quantitative estimate of drug-likeness (QED) is 0.710. The van der Waals surface area contributed by atoms with Crippen molar-refractivity contribution < 1.29 is 14.4 Å². The smallest absolute Gasteiger partial charge is 0.319 e. The normalized spacial score (nSPS) is 10.0. The van der Waals surface area contributed by atoms with Crippen LogP contribution < -0.4 is 16.1 Å². The summed E-state index contributed by atoms with van der Waals surface area (Å²) in [4.78, 5) is 27.5. The lowest BCUT2D eigenvalue weighted by Crippen LogP contribution is -2.34. The number of hydrogen-bond donors (Lipinski definition) is 3. The Balaban J connectivity index is 2.70. The lowest BCUT2D eigenvalue weighted by molar-refractivity contribution is 0.0537. The lowest BCUT2D eigenvalue weighted by atomic mass is 10.2. The first-order valence-electron chi connectivity index (χ1n) is 5.54. The third kappa shape index (κ3) is 4.42. The molecule has 6 nitrogen and oxygen atoms in total. The largest absolute Gasteiger partial charge is 0.336 e. The highest BCUT2D eigenvalue weighted by molar-refractivity contribution is 5.96. The molecule has 3 N–H and O–H groups in total. The molecule has 0 bridgehead atoms. The van der Waals surface area contributed by atoms with Gasteiger partial charge in [0, 0.05) is 17.3 Å². The van der Waals surface area contributed by atoms with Crippen LogP contribution in [0, 0.1) is 0 Å². The summed E-state index contributed by atoms with van der Waals surface area (Å²) in [5.41, 5.74) is 3.15. The fourth-order valence-electron chi connectivity index (χ4n) is 1.32. The van der Waals surface area contributed by atoms with E-state index < -0.39 is 0 Å². The summed E-state index contributed by atoms with van der Waals surface area (Å²) in [6.45, 7) is 3.73. The second kappa shape index (κ2) is 6.61. The van der Waals surface area contributed by atoms with Crippen LogP contribution in [0.2, 0.25) is 0 Å². The molecule has 18 heavy (non-hydrogen) atoms. The summed E-state index contributed by atoms with van der Waals surface area (Å²) in [5.74, 6) is -0.370. The molecule has 0 saturated heterocycles. The average molecular weight is 251 g/mol. The Morgan fingerprint density at radius 1 is 1.28 bits per heavy atom. The highest BCUT2D eigenvalue weighted by Crippen LogP contribution is 2.10. The summed E-state index contributed by atoms with van der Waals surface area (Å²) in [7, 11) is 1.36. The summed E-state index contributed by atoms with van der Waals surface area (Å²) in [6, 6.07) is 6.30. The van der Waals surface area contributed by atoms with Crippen LogP contribution in [0.1, 0.15) is 24.2 Å². The van der Waals surface area contributed by atoms with Crippen molar-refractivity contribution in [3.63, 3.8) is 0 Å². The minimum Gasteiger partial charge on any atom is -0.336 e. The van der Waals surface area contributed by atoms with Crippen molar-refractivity contribution in [1.29, 1.82) is 0 Å². The molecule has 0 atom stereocenters. The van der Waals surface area contributed by atoms with Gasteiger partial charge in [-0.15, -0.1) is 0 Å². The van der Waals surface area contributed by atoms with Gasteiger partial charge in [-0.05, 0) is 32.0 Å². The first kappa shape index (κ1) is 14.0. The number of carbonyl (C=O) groups is 2. The van der Waals surface area contributed by atoms with Crippen molar-refractivity contribution >= 4 is 17.6 Å². The zero-order chi connectivity index (χ0) is 13.5. The van der Waals surface area contributed by atoms with E-state index in [9.17, 15) is 9.59 Å². The zero-order valence-electron chi connectivity index (χ0n) is 10.6. The summed E-state index contributed by atoms with van der Waals surface area (Å²) >= 11 is 0. The van der Waals surface area contributed by atoms with Crippen LogP contribution in [-0.2, 0) is 4.84 Å². The van der Waals surface area contributed by atoms with Crippen molar-refractivity contribution in [2.75, 3.05) is 12.4 Å². The molecule has 1 aromatic carbocycles. The van der Waals surface area contributed by atoms with Gasteiger partial charge in [-0.1, -0.05) is 6.07 Å². The Labute approximate surface area is 106 Å². The van der Waals surface area contributed by atoms with Crippen molar-refractivity contribution in [2.24, 2.45) is 0 Å². The number of hydrogen-bond acceptors (Lipinski definition) is 3. The van der Waals surface area contributed by atoms with Crippen LogP contribution in [0.15, 0.2) is 24.3 Å². The number of rotatable bonds is 4. The number of hydroxylamine groups is 1. The molecule has 0 aliphatic heterocycles. The fourth-order valence-corrected chi connectivity index (χ4v) is 1.32. The van der Waals surface area contributed by atoms with Crippen LogP contribution in [-0.4, -0.2) is 25.1 Å². The molecule has 0 unspecified atom stereocenters. The number of benzene rings is 1. The minimum atomic E-state index is -0.370. The van der Waals surface area contributed by atoms with E-state index in [1.54, 1.807) is 24.3 Å². The molecule has 0 aliphatic carbocycles. The van der Waals surface area contributed by atoms with Crippen molar-refractivity contribution in [2.45, 2.75) is 19.9 Å². The fraction of sp³-hybridized carbons (Fsp3) is 0.333. The maximum Gasteiger partial charge on any atom is 0.319 e. The standard InChI is InChI=1S/C12H17N3O3/c1-8(2)13-12(17)14-10-6-4-5-9(7-10)11(16)15-18-3/h4-8H,1-3H3,(H,15,16)(H2,13,14,17). The first-order chi connectivity index (χ1) is 8.52. The number of urea groups is 1. The van der Waals surface area contributed by atoms with E-state index in [0.29, 0.717) is 11.3 Å². The maximum absolute atomic E-state index is 11.5. The van der Waals surface area contributed by atoms with Crippen LogP contribution in [0.25, 0.3) is 0 Å². The third-order valence-electron chi connectivity index (χ3n) is 2.00. The molecular weight excluding hydrogens is 234 g/mol. The third-order valence-corrected chi connectivity index (χ3v) is 2.00. The second-order valence-electron chi connectivity index (χ2n) is 3.97. The Bertz CT molecular complexity index is 432. The van der Waals surface area contributed by atoms with Crippen molar-refractivity contribution in [1.82, 2.24) is 10.8 Å². The average Bonchev–Trinajstić information content (AvgIpc) is 2.28. The van der Waals surface area contributed by atoms with Crippen LogP contribution in [0.4, 0.5) is 10.5 Å². The van der Waals surface area contributed by atoms with E-state index in [0.717, 1.165) is 0 Å². The van der Waals surface area contributed by atoms with Crippen molar-refractivity contribution in [3.05, 3.63) is 29.8 Å². The number of carbonyl (C=O) groups excluding carboxylic acids is 2. The van der Waals surface area contributed by atoms with E-state index in [4.69, 9.17) is 0 Å². The maximum atomic E-state index is 11.5. The Morgan fingerprint density at radius 3 is 2.61 bits per heavy atom. The van der Waals surface area contributed by atoms with Gasteiger partial charge < -0.3 is 10.6 Å². The van der Waals surface area contributed by atoms with E-state index in [2.05, 4.69) is 21.0 Å². The predicted molar refractivity (Wildman–Crippen MR) is 68.2 cm³/mol. The number of anilines is 1. The minimum absolute atomic E-state index is 0.0463. The van der Waals surface area contributed by atoms with E-state index in [1.165, 1.54) is 7.11 Å². The lowest BCUT2D eigenvalue weighted by Gasteiger charge is -2.10. The van der Waals surface area contributed by atoms with Gasteiger partial charge in [-0.25, -0.2) is 10.3 Å². The molecule has 0 aliphatic rings. The molecule has 1 aromatic rings. The van der Waals surface area contributed by atoms with Gasteiger partial charge >= 0.3 is 6.03 Å². The van der Waals surface area contributed by atoms with Crippen LogP contribution >= 0.6 is 0 Å². The topological polar surface area (TPSA) is 79.5 Å². The van der Waals surface area contributed by atoms with Gasteiger partial charge in [0.25, 0.3) is 5.91 Å². The van der Waals surface area contributed by atoms with Crippen LogP contribution in [0.3, 0.4) is 0 Å². The molecule has 0 heterocycles. The Morgan fingerprint density at radius 2 is 2.00 bits per heavy atom. The molecule has 1 rings (SSSR count). The summed E-state index contributed by atoms with van der Waals surface area (Å²) in [6.07, 6.45) is 0. The van der Waals surface area contributed by atoms with Gasteiger partial charge in [-0.3, -0.25) is 9.63 Å². The number of amides is 3. The Kier molecular flexibility index (Phi) is 5.13. The Hall–Kier alpha value is -2.08. The van der Waals surface area contributed by atoms with Crippen molar-refractivity contribution in [3.8, 4) is 0 Å². The molecule has 0 radical (unpaired) electrons. The number of nitrogens with one attached hydrogen (secondary N) is 3. The molecule has 6 heteroatoms. The van der Waals surface area contributed by atoms with E-state index in [-0.39, 0.29) is 18.0 Å². The SMILES string of the molecule is CONC(=O)c1cccc(NC(=O)NC(C)C)c1. The van der Waals surface area contributed by atoms with Gasteiger partial charge in [-0.2, -0.15) is 0 Å². The summed E-state index contributed by atoms with van der Waals surface area (Å²) < 4.78 is 0. The van der Waals surface area contributed by atoms with Gasteiger partial charge in [0.2, 0.25) is 0 Å². The molecule has 0 aromatic heterocycles.